The van der Waals surface area contributed by atoms with Gasteiger partial charge in [-0.25, -0.2) is 23.3 Å². The molecule has 1 fully saturated rings. The molecule has 0 saturated carbocycles. The summed E-state index contributed by atoms with van der Waals surface area (Å²) >= 11 is 0. The normalized spacial score (nSPS) is 16.7. The van der Waals surface area contributed by atoms with Gasteiger partial charge in [-0.1, -0.05) is 24.3 Å². The van der Waals surface area contributed by atoms with Gasteiger partial charge >= 0.3 is 18.2 Å². The van der Waals surface area contributed by atoms with E-state index >= 15 is 0 Å². The first kappa shape index (κ1) is 35.0. The number of benzene rings is 2. The number of hydrogen-bond donors (Lipinski definition) is 2. The maximum absolute atomic E-state index is 14.3. The summed E-state index contributed by atoms with van der Waals surface area (Å²) in [4.78, 5) is 40.9. The number of amides is 3. The zero-order valence-corrected chi connectivity index (χ0v) is 25.7. The van der Waals surface area contributed by atoms with Crippen molar-refractivity contribution in [3.63, 3.8) is 0 Å². The van der Waals surface area contributed by atoms with Crippen molar-refractivity contribution >= 4 is 29.3 Å². The SMILES string of the molecule is C/C=C(\C/C(F)=C\C=C(/C)N1C(=O)N(Cc2ccc(F)cc2Nc2ccc(C(NC)C(=O)OC)cc2)C(C)(C)C1=O)C(F)(F)F. The number of hydrogen-bond acceptors (Lipinski definition) is 6. The molecule has 13 heteroatoms. The van der Waals surface area contributed by atoms with E-state index in [-0.39, 0.29) is 12.2 Å². The van der Waals surface area contributed by atoms with Crippen LogP contribution in [0.5, 0.6) is 0 Å². The number of likely N-dealkylation sites (N-methyl/N-ethyl adjacent to an activating group) is 1. The molecule has 1 heterocycles. The topological polar surface area (TPSA) is 91.0 Å². The van der Waals surface area contributed by atoms with E-state index in [2.05, 4.69) is 10.6 Å². The molecular formula is C32H35F5N4O4. The smallest absolute Gasteiger partial charge is 0.412 e. The van der Waals surface area contributed by atoms with Gasteiger partial charge in [-0.2, -0.15) is 13.2 Å². The zero-order chi connectivity index (χ0) is 33.7. The van der Waals surface area contributed by atoms with E-state index < -0.39 is 59.3 Å². The van der Waals surface area contributed by atoms with Crippen LogP contribution >= 0.6 is 0 Å². The largest absolute Gasteiger partial charge is 0.468 e. The van der Waals surface area contributed by atoms with E-state index in [1.54, 1.807) is 31.3 Å². The molecule has 1 saturated heterocycles. The van der Waals surface area contributed by atoms with Crippen LogP contribution in [0, 0.1) is 5.82 Å². The maximum Gasteiger partial charge on any atom is 0.412 e. The predicted molar refractivity (Wildman–Crippen MR) is 159 cm³/mol. The molecular weight excluding hydrogens is 599 g/mol. The number of methoxy groups -OCH3 is 1. The minimum Gasteiger partial charge on any atom is -0.468 e. The predicted octanol–water partition coefficient (Wildman–Crippen LogP) is 7.20. The number of nitrogens with one attached hydrogen (secondary N) is 2. The Morgan fingerprint density at radius 2 is 1.73 bits per heavy atom. The minimum atomic E-state index is -4.69. The average molecular weight is 635 g/mol. The quantitative estimate of drug-likeness (QED) is 0.0894. The fourth-order valence-electron chi connectivity index (χ4n) is 4.73. The molecule has 3 amide bonds. The summed E-state index contributed by atoms with van der Waals surface area (Å²) in [6, 6.07) is 9.24. The Labute approximate surface area is 258 Å². The van der Waals surface area contributed by atoms with Crippen LogP contribution in [0.15, 0.2) is 77.8 Å². The number of anilines is 2. The first-order chi connectivity index (χ1) is 21.0. The van der Waals surface area contributed by atoms with E-state index in [0.717, 1.165) is 30.1 Å². The molecule has 2 aromatic carbocycles. The number of ether oxygens (including phenoxy) is 1. The van der Waals surface area contributed by atoms with Crippen LogP contribution < -0.4 is 10.6 Å². The average Bonchev–Trinajstić information content (AvgIpc) is 3.15. The van der Waals surface area contributed by atoms with Gasteiger partial charge in [0.25, 0.3) is 5.91 Å². The first-order valence-corrected chi connectivity index (χ1v) is 13.9. The minimum absolute atomic E-state index is 0.00846. The molecule has 0 aromatic heterocycles. The summed E-state index contributed by atoms with van der Waals surface area (Å²) in [7, 11) is 2.90. The Kier molecular flexibility index (Phi) is 10.9. The third-order valence-corrected chi connectivity index (χ3v) is 7.40. The molecule has 0 radical (unpaired) electrons. The summed E-state index contributed by atoms with van der Waals surface area (Å²) in [5.74, 6) is -2.75. The van der Waals surface area contributed by atoms with Crippen molar-refractivity contribution in [1.82, 2.24) is 15.1 Å². The Hall–Kier alpha value is -4.52. The van der Waals surface area contributed by atoms with Crippen molar-refractivity contribution in [3.8, 4) is 0 Å². The molecule has 2 N–H and O–H groups in total. The number of carbonyl (C=O) groups is 3. The molecule has 45 heavy (non-hydrogen) atoms. The van der Waals surface area contributed by atoms with Gasteiger partial charge in [-0.15, -0.1) is 0 Å². The molecule has 242 valence electrons. The third-order valence-electron chi connectivity index (χ3n) is 7.40. The number of allylic oxidation sites excluding steroid dienone is 6. The second-order valence-electron chi connectivity index (χ2n) is 10.8. The van der Waals surface area contributed by atoms with Gasteiger partial charge in [-0.05, 0) is 82.3 Å². The maximum atomic E-state index is 14.3. The van der Waals surface area contributed by atoms with E-state index in [1.165, 1.54) is 51.0 Å². The second-order valence-corrected chi connectivity index (χ2v) is 10.8. The van der Waals surface area contributed by atoms with Crippen LogP contribution in [0.3, 0.4) is 0 Å². The highest BCUT2D eigenvalue weighted by Gasteiger charge is 2.51. The number of imide groups is 1. The Morgan fingerprint density at radius 1 is 1.09 bits per heavy atom. The van der Waals surface area contributed by atoms with Gasteiger partial charge in [0.15, 0.2) is 0 Å². The fourth-order valence-corrected chi connectivity index (χ4v) is 4.73. The second kappa shape index (κ2) is 14.1. The van der Waals surface area contributed by atoms with E-state index in [9.17, 15) is 36.3 Å². The van der Waals surface area contributed by atoms with Gasteiger partial charge in [0.05, 0.1) is 13.7 Å². The van der Waals surface area contributed by atoms with E-state index in [0.29, 0.717) is 22.5 Å². The van der Waals surface area contributed by atoms with Crippen molar-refractivity contribution in [2.75, 3.05) is 19.5 Å². The van der Waals surface area contributed by atoms with Crippen LogP contribution in [-0.4, -0.2) is 53.6 Å². The van der Waals surface area contributed by atoms with Gasteiger partial charge in [0.2, 0.25) is 0 Å². The molecule has 0 bridgehead atoms. The van der Waals surface area contributed by atoms with Crippen LogP contribution in [0.2, 0.25) is 0 Å². The van der Waals surface area contributed by atoms with E-state index in [4.69, 9.17) is 4.74 Å². The molecule has 1 aliphatic heterocycles. The molecule has 1 atom stereocenters. The molecule has 0 aliphatic carbocycles. The lowest BCUT2D eigenvalue weighted by Gasteiger charge is -2.28. The molecule has 1 aliphatic rings. The summed E-state index contributed by atoms with van der Waals surface area (Å²) in [5.41, 5.74) is -0.450. The molecule has 1 unspecified atom stereocenters. The number of rotatable bonds is 11. The zero-order valence-electron chi connectivity index (χ0n) is 25.7. The van der Waals surface area contributed by atoms with Crippen molar-refractivity contribution in [2.45, 2.75) is 58.4 Å². The number of nitrogens with zero attached hydrogens (tertiary/aromatic N) is 2. The highest BCUT2D eigenvalue weighted by atomic mass is 19.4. The van der Waals surface area contributed by atoms with Crippen molar-refractivity contribution < 1.29 is 41.1 Å². The highest BCUT2D eigenvalue weighted by Crippen LogP contribution is 2.35. The van der Waals surface area contributed by atoms with Gasteiger partial charge in [0, 0.05) is 29.1 Å². The Bertz CT molecular complexity index is 1530. The molecule has 2 aromatic rings. The van der Waals surface area contributed by atoms with E-state index in [1.807, 2.05) is 0 Å². The van der Waals surface area contributed by atoms with Crippen molar-refractivity contribution in [1.29, 1.82) is 0 Å². The lowest BCUT2D eigenvalue weighted by atomic mass is 10.0. The summed E-state index contributed by atoms with van der Waals surface area (Å²) in [6.45, 7) is 5.44. The summed E-state index contributed by atoms with van der Waals surface area (Å²) < 4.78 is 72.4. The fraction of sp³-hybridized carbons (Fsp3) is 0.344. The molecule has 0 spiro atoms. The lowest BCUT2D eigenvalue weighted by Crippen LogP contribution is -2.43. The summed E-state index contributed by atoms with van der Waals surface area (Å²) in [6.07, 6.45) is -3.05. The van der Waals surface area contributed by atoms with Crippen LogP contribution in [-0.2, 0) is 20.9 Å². The first-order valence-electron chi connectivity index (χ1n) is 13.9. The number of carbonyl (C=O) groups excluding carboxylic acids is 3. The van der Waals surface area contributed by atoms with Crippen LogP contribution in [0.25, 0.3) is 0 Å². The van der Waals surface area contributed by atoms with Crippen molar-refractivity contribution in [3.05, 3.63) is 94.7 Å². The number of esters is 1. The number of urea groups is 1. The highest BCUT2D eigenvalue weighted by molar-refractivity contribution is 6.08. The van der Waals surface area contributed by atoms with Crippen molar-refractivity contribution in [2.24, 2.45) is 0 Å². The van der Waals surface area contributed by atoms with Gasteiger partial charge in [0.1, 0.15) is 23.2 Å². The van der Waals surface area contributed by atoms with Gasteiger partial charge < -0.3 is 20.3 Å². The number of alkyl halides is 3. The summed E-state index contributed by atoms with van der Waals surface area (Å²) in [5, 5.41) is 5.98. The Balaban J connectivity index is 1.85. The van der Waals surface area contributed by atoms with Gasteiger partial charge in [-0.3, -0.25) is 4.79 Å². The molecule has 3 rings (SSSR count). The monoisotopic (exact) mass is 634 g/mol. The molecule has 8 nitrogen and oxygen atoms in total. The van der Waals surface area contributed by atoms with Crippen LogP contribution in [0.4, 0.5) is 38.1 Å². The third kappa shape index (κ3) is 7.96. The Morgan fingerprint density at radius 3 is 2.29 bits per heavy atom. The lowest BCUT2D eigenvalue weighted by molar-refractivity contribution is -0.143. The van der Waals surface area contributed by atoms with Crippen LogP contribution in [0.1, 0.15) is 51.3 Å². The number of halogens is 5. The standard InChI is InChI=1S/C32H35F5N4O4/c1-7-22(32(35,36)37)16-23(33)12-8-19(2)41-29(43)31(3,4)40(30(41)44)18-21-9-13-24(34)17-26(21)39-25-14-10-20(11-15-25)27(38-5)28(42)45-6/h7-15,17,27,38-39H,16,18H2,1-6H3/b19-8+,22-7+,23-12+.